The van der Waals surface area contributed by atoms with Crippen molar-refractivity contribution in [1.29, 1.82) is 0 Å². The summed E-state index contributed by atoms with van der Waals surface area (Å²) in [6.07, 6.45) is 1.66. The lowest BCUT2D eigenvalue weighted by molar-refractivity contribution is 0.750. The van der Waals surface area contributed by atoms with Crippen LogP contribution in [0.2, 0.25) is 0 Å². The molecule has 0 spiro atoms. The van der Waals surface area contributed by atoms with E-state index in [1.807, 2.05) is 12.1 Å². The smallest absolute Gasteiger partial charge is 0.283 e. The van der Waals surface area contributed by atoms with Crippen molar-refractivity contribution in [2.45, 2.75) is 18.7 Å². The van der Waals surface area contributed by atoms with E-state index in [1.54, 1.807) is 18.0 Å². The molecule has 0 saturated carbocycles. The van der Waals surface area contributed by atoms with Gasteiger partial charge < -0.3 is 4.85 Å². The first-order chi connectivity index (χ1) is 6.24. The number of aromatic nitrogens is 1. The lowest BCUT2D eigenvalue weighted by Crippen LogP contribution is -1.90. The van der Waals surface area contributed by atoms with Crippen molar-refractivity contribution in [2.24, 2.45) is 5.92 Å². The molecule has 0 aliphatic heterocycles. The van der Waals surface area contributed by atoms with Crippen LogP contribution in [0.15, 0.2) is 23.2 Å². The molecule has 0 unspecified atom stereocenters. The van der Waals surface area contributed by atoms with Gasteiger partial charge in [-0.3, -0.25) is 0 Å². The van der Waals surface area contributed by atoms with Gasteiger partial charge in [0.15, 0.2) is 0 Å². The molecule has 68 valence electrons. The Kier molecular flexibility index (Phi) is 3.78. The molecule has 0 atom stereocenters. The molecule has 0 N–H and O–H groups in total. The number of hydrogen-bond acceptors (Lipinski definition) is 2. The van der Waals surface area contributed by atoms with Gasteiger partial charge in [0, 0.05) is 4.90 Å². The van der Waals surface area contributed by atoms with E-state index in [9.17, 15) is 0 Å². The van der Waals surface area contributed by atoms with E-state index in [2.05, 4.69) is 23.7 Å². The average Bonchev–Trinajstić information content (AvgIpc) is 2.15. The van der Waals surface area contributed by atoms with E-state index in [0.717, 1.165) is 10.6 Å². The summed E-state index contributed by atoms with van der Waals surface area (Å²) in [7, 11) is 0. The summed E-state index contributed by atoms with van der Waals surface area (Å²) in [5, 5.41) is 0. The number of nitrogens with zero attached hydrogens (tertiary/aromatic N) is 2. The summed E-state index contributed by atoms with van der Waals surface area (Å²) in [6, 6.07) is 3.82. The minimum absolute atomic E-state index is 0.521. The molecule has 0 amide bonds. The van der Waals surface area contributed by atoms with E-state index in [1.165, 1.54) is 0 Å². The molecule has 0 aliphatic carbocycles. The van der Waals surface area contributed by atoms with Gasteiger partial charge in [-0.25, -0.2) is 0 Å². The van der Waals surface area contributed by atoms with Gasteiger partial charge in [0.2, 0.25) is 0 Å². The summed E-state index contributed by atoms with van der Waals surface area (Å²) in [5.41, 5.74) is 0. The monoisotopic (exact) mass is 192 g/mol. The zero-order valence-electron chi connectivity index (χ0n) is 7.82. The number of thioether (sulfide) groups is 1. The normalized spacial score (nSPS) is 10.0. The summed E-state index contributed by atoms with van der Waals surface area (Å²) >= 11 is 1.70. The Morgan fingerprint density at radius 1 is 1.62 bits per heavy atom. The Labute approximate surface area is 83.2 Å². The minimum Gasteiger partial charge on any atom is -0.360 e. The van der Waals surface area contributed by atoms with Crippen molar-refractivity contribution < 1.29 is 0 Å². The lowest BCUT2D eigenvalue weighted by Gasteiger charge is -2.04. The van der Waals surface area contributed by atoms with Crippen molar-refractivity contribution in [3.63, 3.8) is 0 Å². The Morgan fingerprint density at radius 3 is 3.00 bits per heavy atom. The van der Waals surface area contributed by atoms with Crippen LogP contribution in [0.5, 0.6) is 0 Å². The van der Waals surface area contributed by atoms with Crippen molar-refractivity contribution in [2.75, 3.05) is 5.75 Å². The van der Waals surface area contributed by atoms with Crippen molar-refractivity contribution in [3.05, 3.63) is 29.7 Å². The van der Waals surface area contributed by atoms with E-state index < -0.39 is 0 Å². The van der Waals surface area contributed by atoms with Gasteiger partial charge in [-0.15, -0.1) is 16.7 Å². The number of rotatable bonds is 3. The Morgan fingerprint density at radius 2 is 2.38 bits per heavy atom. The molecule has 0 aromatic carbocycles. The molecule has 3 heteroatoms. The molecule has 0 saturated heterocycles. The number of hydrogen-bond donors (Lipinski definition) is 0. The third kappa shape index (κ3) is 3.08. The molecule has 1 rings (SSSR count). The molecule has 0 aliphatic rings. The van der Waals surface area contributed by atoms with E-state index in [0.29, 0.717) is 11.7 Å². The highest BCUT2D eigenvalue weighted by atomic mass is 32.2. The fourth-order valence-corrected chi connectivity index (χ4v) is 1.75. The maximum absolute atomic E-state index is 6.92. The number of pyridine rings is 1. The van der Waals surface area contributed by atoms with Crippen LogP contribution in [-0.2, 0) is 0 Å². The zero-order chi connectivity index (χ0) is 9.68. The Balaban J connectivity index is 2.71. The van der Waals surface area contributed by atoms with Crippen LogP contribution in [0.25, 0.3) is 4.85 Å². The maximum Gasteiger partial charge on any atom is 0.283 e. The first kappa shape index (κ1) is 10.1. The van der Waals surface area contributed by atoms with Gasteiger partial charge in [0.25, 0.3) is 5.82 Å². The van der Waals surface area contributed by atoms with Gasteiger partial charge in [-0.1, -0.05) is 26.5 Å². The topological polar surface area (TPSA) is 17.2 Å². The average molecular weight is 192 g/mol. The second-order valence-corrected chi connectivity index (χ2v) is 4.20. The molecule has 2 nitrogen and oxygen atoms in total. The molecule has 1 heterocycles. The highest BCUT2D eigenvalue weighted by molar-refractivity contribution is 7.99. The quantitative estimate of drug-likeness (QED) is 0.539. The molecular formula is C10H12N2S. The molecule has 0 fully saturated rings. The minimum atomic E-state index is 0.521. The predicted molar refractivity (Wildman–Crippen MR) is 56.1 cm³/mol. The van der Waals surface area contributed by atoms with Crippen molar-refractivity contribution in [1.82, 2.24) is 4.98 Å². The van der Waals surface area contributed by atoms with Gasteiger partial charge in [0.05, 0.1) is 0 Å². The third-order valence-corrected chi connectivity index (χ3v) is 2.89. The van der Waals surface area contributed by atoms with Crippen molar-refractivity contribution in [3.8, 4) is 0 Å². The molecule has 13 heavy (non-hydrogen) atoms. The maximum atomic E-state index is 6.92. The fourth-order valence-electron chi connectivity index (χ4n) is 0.835. The Bertz CT molecular complexity index is 315. The second-order valence-electron chi connectivity index (χ2n) is 3.14. The van der Waals surface area contributed by atoms with Crippen molar-refractivity contribution >= 4 is 17.6 Å². The summed E-state index contributed by atoms with van der Waals surface area (Å²) in [4.78, 5) is 8.36. The zero-order valence-corrected chi connectivity index (χ0v) is 8.64. The molecule has 1 aromatic rings. The SMILES string of the molecule is [C-]#[N+]c1ncccc1SCC(C)C. The summed E-state index contributed by atoms with van der Waals surface area (Å²) < 4.78 is 0. The van der Waals surface area contributed by atoms with Crippen LogP contribution in [0.3, 0.4) is 0 Å². The standard InChI is InChI=1S/C10H12N2S/c1-8(2)7-13-9-5-4-6-12-10(9)11-3/h4-6,8H,7H2,1-2H3. The molecule has 0 radical (unpaired) electrons. The largest absolute Gasteiger partial charge is 0.360 e. The Hall–Kier alpha value is -1.01. The molecule has 1 aromatic heterocycles. The summed E-state index contributed by atoms with van der Waals surface area (Å²) in [5.74, 6) is 2.20. The third-order valence-electron chi connectivity index (χ3n) is 1.43. The van der Waals surface area contributed by atoms with Gasteiger partial charge in [-0.2, -0.15) is 0 Å². The van der Waals surface area contributed by atoms with Gasteiger partial charge >= 0.3 is 0 Å². The summed E-state index contributed by atoms with van der Waals surface area (Å²) in [6.45, 7) is 11.3. The van der Waals surface area contributed by atoms with Gasteiger partial charge in [0.1, 0.15) is 6.20 Å². The first-order valence-corrected chi connectivity index (χ1v) is 5.18. The predicted octanol–water partition coefficient (Wildman–Crippen LogP) is 3.38. The molecular weight excluding hydrogens is 180 g/mol. The highest BCUT2D eigenvalue weighted by Gasteiger charge is 2.03. The van der Waals surface area contributed by atoms with E-state index in [-0.39, 0.29) is 0 Å². The highest BCUT2D eigenvalue weighted by Crippen LogP contribution is 2.28. The van der Waals surface area contributed by atoms with E-state index in [4.69, 9.17) is 6.57 Å². The van der Waals surface area contributed by atoms with Crippen LogP contribution in [0, 0.1) is 12.5 Å². The van der Waals surface area contributed by atoms with Crippen LogP contribution < -0.4 is 0 Å². The molecule has 0 bridgehead atoms. The second kappa shape index (κ2) is 4.88. The first-order valence-electron chi connectivity index (χ1n) is 4.19. The van der Waals surface area contributed by atoms with E-state index >= 15 is 0 Å². The van der Waals surface area contributed by atoms with Crippen LogP contribution in [0.4, 0.5) is 5.82 Å². The van der Waals surface area contributed by atoms with Gasteiger partial charge in [-0.05, 0) is 17.7 Å². The van der Waals surface area contributed by atoms with Crippen LogP contribution in [0.1, 0.15) is 13.8 Å². The van der Waals surface area contributed by atoms with Crippen LogP contribution >= 0.6 is 11.8 Å². The fraction of sp³-hybridized carbons (Fsp3) is 0.400. The van der Waals surface area contributed by atoms with Crippen LogP contribution in [-0.4, -0.2) is 10.7 Å². The lowest BCUT2D eigenvalue weighted by atomic mass is 10.3.